The van der Waals surface area contributed by atoms with Crippen molar-refractivity contribution in [2.75, 3.05) is 14.2 Å². The molecule has 39 heavy (non-hydrogen) atoms. The van der Waals surface area contributed by atoms with E-state index >= 15 is 0 Å². The van der Waals surface area contributed by atoms with Gasteiger partial charge in [-0.15, -0.1) is 0 Å². The van der Waals surface area contributed by atoms with E-state index in [0.29, 0.717) is 0 Å². The third-order valence-corrected chi connectivity index (χ3v) is 9.45. The van der Waals surface area contributed by atoms with E-state index in [1.807, 2.05) is 30.3 Å². The molecule has 0 aliphatic rings. The quantitative estimate of drug-likeness (QED) is 0.111. The molecule has 0 fully saturated rings. The maximum atomic E-state index is 5.83. The normalized spacial score (nSPS) is 11.2. The topological polar surface area (TPSA) is 18.5 Å². The summed E-state index contributed by atoms with van der Waals surface area (Å²) < 4.78 is 11.7. The van der Waals surface area contributed by atoms with Crippen LogP contribution < -0.4 is 0 Å². The molecule has 0 N–H and O–H groups in total. The Morgan fingerprint density at radius 2 is 1.00 bits per heavy atom. The molecule has 0 radical (unpaired) electrons. The zero-order chi connectivity index (χ0) is 26.9. The van der Waals surface area contributed by atoms with E-state index in [0.717, 1.165) is 16.0 Å². The van der Waals surface area contributed by atoms with Crippen molar-refractivity contribution in [2.45, 2.75) is 30.3 Å². The summed E-state index contributed by atoms with van der Waals surface area (Å²) in [6.07, 6.45) is 0. The number of hydrogen-bond acceptors (Lipinski definition) is 3. The van der Waals surface area contributed by atoms with Crippen molar-refractivity contribution in [3.05, 3.63) is 151 Å². The smallest absolute Gasteiger partial charge is 0.261 e. The van der Waals surface area contributed by atoms with E-state index in [-0.39, 0.29) is 10.9 Å². The first-order valence-electron chi connectivity index (χ1n) is 12.6. The minimum atomic E-state index is -1.16. The van der Waals surface area contributed by atoms with Crippen LogP contribution in [0.5, 0.6) is 0 Å². The van der Waals surface area contributed by atoms with Gasteiger partial charge in [0.05, 0.1) is 10.9 Å². The Bertz CT molecular complexity index is 1480. The fraction of sp³-hybridized carbons (Fsp3) is 0.0857. The van der Waals surface area contributed by atoms with Crippen LogP contribution in [0.25, 0.3) is 0 Å². The molecule has 0 heterocycles. The minimum Gasteiger partial charge on any atom is -0.339 e. The Balaban J connectivity index is 1.39. The first kappa shape index (κ1) is 26.9. The lowest BCUT2D eigenvalue weighted by Gasteiger charge is -2.25. The van der Waals surface area contributed by atoms with Crippen molar-refractivity contribution < 1.29 is 9.47 Å². The third-order valence-electron chi connectivity index (χ3n) is 6.21. The van der Waals surface area contributed by atoms with E-state index in [4.69, 9.17) is 9.47 Å². The van der Waals surface area contributed by atoms with Gasteiger partial charge in [-0.25, -0.2) is 0 Å². The van der Waals surface area contributed by atoms with E-state index in [1.54, 1.807) is 26.0 Å². The number of ether oxygens (including phenoxy) is 2. The van der Waals surface area contributed by atoms with Gasteiger partial charge in [0.1, 0.15) is 0 Å². The van der Waals surface area contributed by atoms with Gasteiger partial charge in [-0.2, -0.15) is 0 Å². The van der Waals surface area contributed by atoms with Gasteiger partial charge in [-0.3, -0.25) is 0 Å². The summed E-state index contributed by atoms with van der Waals surface area (Å²) in [5.74, 6) is 5.37. The monoisotopic (exact) mass is 545 g/mol. The van der Waals surface area contributed by atoms with Crippen molar-refractivity contribution >= 4 is 22.7 Å². The summed E-state index contributed by atoms with van der Waals surface area (Å²) in [6.45, 7) is 0. The molecular formula is C35H29O2S2+. The molecule has 0 aliphatic carbocycles. The summed E-state index contributed by atoms with van der Waals surface area (Å²) in [6, 6.07) is 48.3. The van der Waals surface area contributed by atoms with Crippen LogP contribution in [-0.4, -0.2) is 14.2 Å². The van der Waals surface area contributed by atoms with Crippen molar-refractivity contribution in [3.63, 3.8) is 0 Å². The van der Waals surface area contributed by atoms with Crippen LogP contribution in [-0.2, 0) is 26.2 Å². The van der Waals surface area contributed by atoms with Gasteiger partial charge in [0.2, 0.25) is 0 Å². The van der Waals surface area contributed by atoms with Crippen LogP contribution in [0, 0.1) is 11.8 Å². The maximum Gasteiger partial charge on any atom is 0.261 e. The lowest BCUT2D eigenvalue weighted by Crippen LogP contribution is -2.29. The number of benzene rings is 5. The van der Waals surface area contributed by atoms with Gasteiger partial charge in [0.25, 0.3) is 5.79 Å². The third kappa shape index (κ3) is 6.47. The van der Waals surface area contributed by atoms with E-state index in [2.05, 4.69) is 121 Å². The van der Waals surface area contributed by atoms with Crippen LogP contribution >= 0.6 is 11.8 Å². The van der Waals surface area contributed by atoms with Crippen LogP contribution in [0.4, 0.5) is 0 Å². The Kier molecular flexibility index (Phi) is 8.88. The predicted molar refractivity (Wildman–Crippen MR) is 161 cm³/mol. The largest absolute Gasteiger partial charge is 0.339 e. The molecule has 0 aliphatic heterocycles. The van der Waals surface area contributed by atoms with Crippen molar-refractivity contribution in [1.29, 1.82) is 0 Å². The molecule has 192 valence electrons. The molecule has 5 aromatic rings. The summed E-state index contributed by atoms with van der Waals surface area (Å²) in [4.78, 5) is 6.15. The van der Waals surface area contributed by atoms with Gasteiger partial charge in [-0.1, -0.05) is 84.4 Å². The lowest BCUT2D eigenvalue weighted by molar-refractivity contribution is -0.169. The van der Waals surface area contributed by atoms with Gasteiger partial charge in [0, 0.05) is 35.1 Å². The Hall–Kier alpha value is -3.72. The fourth-order valence-corrected chi connectivity index (χ4v) is 7.13. The highest BCUT2D eigenvalue weighted by molar-refractivity contribution is 7.99. The average Bonchev–Trinajstić information content (AvgIpc) is 3.01. The average molecular weight is 546 g/mol. The van der Waals surface area contributed by atoms with Gasteiger partial charge in [0.15, 0.2) is 14.7 Å². The SMILES string of the molecule is COC(C#Cc1ccc([S+](c2ccccc2)c2ccccc2)cc1)(OC)c1ccc(Sc2ccccc2)cc1. The molecular weight excluding hydrogens is 517 g/mol. The Morgan fingerprint density at radius 3 is 1.51 bits per heavy atom. The van der Waals surface area contributed by atoms with E-state index in [9.17, 15) is 0 Å². The van der Waals surface area contributed by atoms with Gasteiger partial charge < -0.3 is 9.47 Å². The van der Waals surface area contributed by atoms with Crippen molar-refractivity contribution in [1.82, 2.24) is 0 Å². The molecule has 0 aromatic heterocycles. The highest BCUT2D eigenvalue weighted by Gasteiger charge is 2.30. The lowest BCUT2D eigenvalue weighted by atomic mass is 10.1. The summed E-state index contributed by atoms with van der Waals surface area (Å²) in [5, 5.41) is 0. The fourth-order valence-electron chi connectivity index (χ4n) is 4.21. The predicted octanol–water partition coefficient (Wildman–Crippen LogP) is 8.43. The van der Waals surface area contributed by atoms with E-state index in [1.165, 1.54) is 19.6 Å². The van der Waals surface area contributed by atoms with Gasteiger partial charge in [-0.05, 0) is 78.7 Å². The Labute approximate surface area is 238 Å². The molecule has 0 saturated heterocycles. The minimum absolute atomic E-state index is 0.194. The summed E-state index contributed by atoms with van der Waals surface area (Å²) in [5.41, 5.74) is 1.75. The highest BCUT2D eigenvalue weighted by Crippen LogP contribution is 2.33. The Morgan fingerprint density at radius 1 is 0.538 bits per heavy atom. The molecule has 0 saturated carbocycles. The molecule has 0 bridgehead atoms. The molecule has 0 atom stereocenters. The first-order valence-corrected chi connectivity index (χ1v) is 14.7. The molecule has 0 amide bonds. The molecule has 0 unspecified atom stereocenters. The maximum absolute atomic E-state index is 5.83. The molecule has 2 nitrogen and oxygen atoms in total. The first-order chi connectivity index (χ1) is 19.2. The molecule has 0 spiro atoms. The zero-order valence-electron chi connectivity index (χ0n) is 21.9. The molecule has 5 aromatic carbocycles. The second-order valence-electron chi connectivity index (χ2n) is 8.67. The molecule has 5 rings (SSSR count). The van der Waals surface area contributed by atoms with Crippen LogP contribution in [0.1, 0.15) is 11.1 Å². The second kappa shape index (κ2) is 12.9. The highest BCUT2D eigenvalue weighted by atomic mass is 32.2. The number of hydrogen-bond donors (Lipinski definition) is 0. The number of rotatable bonds is 8. The molecule has 4 heteroatoms. The summed E-state index contributed by atoms with van der Waals surface area (Å²) in [7, 11) is 3.06. The van der Waals surface area contributed by atoms with Crippen LogP contribution in [0.2, 0.25) is 0 Å². The van der Waals surface area contributed by atoms with Crippen LogP contribution in [0.15, 0.2) is 164 Å². The number of methoxy groups -OCH3 is 2. The van der Waals surface area contributed by atoms with Crippen molar-refractivity contribution in [2.24, 2.45) is 0 Å². The van der Waals surface area contributed by atoms with Gasteiger partial charge >= 0.3 is 0 Å². The van der Waals surface area contributed by atoms with E-state index < -0.39 is 5.79 Å². The van der Waals surface area contributed by atoms with Crippen molar-refractivity contribution in [3.8, 4) is 11.8 Å². The second-order valence-corrected chi connectivity index (χ2v) is 11.8. The van der Waals surface area contributed by atoms with Crippen LogP contribution in [0.3, 0.4) is 0 Å². The zero-order valence-corrected chi connectivity index (χ0v) is 23.5. The standard InChI is InChI=1S/C35H29O2S2/c1-36-35(37-2,29-20-22-31(23-21-29)38-30-12-6-3-7-13-30)27-26-28-18-24-34(25-19-28)39(32-14-8-4-9-15-32)33-16-10-5-11-17-33/h3-25H,1-2H3/q+1. The summed E-state index contributed by atoms with van der Waals surface area (Å²) >= 11 is 1.72.